The molecule has 21 heavy (non-hydrogen) atoms. The molecule has 1 fully saturated rings. The van der Waals surface area contributed by atoms with Crippen molar-refractivity contribution in [2.75, 3.05) is 11.8 Å². The summed E-state index contributed by atoms with van der Waals surface area (Å²) in [5.74, 6) is -0.487. The number of anilines is 1. The normalized spacial score (nSPS) is 17.5. The van der Waals surface area contributed by atoms with Gasteiger partial charge < -0.3 is 4.52 Å². The average Bonchev–Trinajstić information content (AvgIpc) is 2.96. The van der Waals surface area contributed by atoms with Crippen molar-refractivity contribution in [3.8, 4) is 0 Å². The summed E-state index contributed by atoms with van der Waals surface area (Å²) in [6, 6.07) is -0.103. The third-order valence-electron chi connectivity index (χ3n) is 3.54. The molecule has 120 valence electrons. The highest BCUT2D eigenvalue weighted by Gasteiger charge is 2.32. The van der Waals surface area contributed by atoms with E-state index in [0.29, 0.717) is 0 Å². The van der Waals surface area contributed by atoms with E-state index in [-0.39, 0.29) is 11.8 Å². The van der Waals surface area contributed by atoms with Crippen LogP contribution in [-0.4, -0.2) is 39.4 Å². The molecular formula is C10H18N4O5S2. The molecule has 3 N–H and O–H groups in total. The standard InChI is InChI=1S/C10H18N4O5S2/c1-7-9(20(11,15)16)10(12-19-7)13-21(17,18)14(2)8-5-3-4-6-8/h8H,3-6H2,1-2H3,(H,12,13)(H2,11,15,16). The molecular weight excluding hydrogens is 320 g/mol. The van der Waals surface area contributed by atoms with Gasteiger partial charge in [-0.1, -0.05) is 18.0 Å². The summed E-state index contributed by atoms with van der Waals surface area (Å²) >= 11 is 0. The predicted octanol–water partition coefficient (Wildman–Crippen LogP) is 0.162. The van der Waals surface area contributed by atoms with Crippen molar-refractivity contribution in [2.24, 2.45) is 5.14 Å². The van der Waals surface area contributed by atoms with Crippen LogP contribution in [0.5, 0.6) is 0 Å². The van der Waals surface area contributed by atoms with E-state index in [2.05, 4.69) is 9.88 Å². The Morgan fingerprint density at radius 2 is 1.86 bits per heavy atom. The zero-order valence-corrected chi connectivity index (χ0v) is 13.4. The third-order valence-corrected chi connectivity index (χ3v) is 6.09. The van der Waals surface area contributed by atoms with Crippen LogP contribution in [0.3, 0.4) is 0 Å². The Labute approximate surface area is 123 Å². The smallest absolute Gasteiger partial charge is 0.302 e. The van der Waals surface area contributed by atoms with E-state index in [1.165, 1.54) is 18.3 Å². The maximum absolute atomic E-state index is 12.3. The Kier molecular flexibility index (Phi) is 4.29. The van der Waals surface area contributed by atoms with Crippen LogP contribution in [-0.2, 0) is 20.2 Å². The maximum atomic E-state index is 12.3. The molecule has 0 unspecified atom stereocenters. The topological polar surface area (TPSA) is 136 Å². The second kappa shape index (κ2) is 5.55. The summed E-state index contributed by atoms with van der Waals surface area (Å²) in [4.78, 5) is -0.453. The molecule has 0 aromatic carbocycles. The van der Waals surface area contributed by atoms with Gasteiger partial charge in [0.15, 0.2) is 10.7 Å². The van der Waals surface area contributed by atoms with Crippen LogP contribution < -0.4 is 9.86 Å². The Bertz CT molecular complexity index is 719. The number of nitrogens with two attached hydrogens (primary N) is 1. The number of sulfonamides is 1. The van der Waals surface area contributed by atoms with Crippen molar-refractivity contribution in [3.05, 3.63) is 5.76 Å². The Morgan fingerprint density at radius 1 is 1.29 bits per heavy atom. The molecule has 1 aromatic rings. The molecule has 0 radical (unpaired) electrons. The summed E-state index contributed by atoms with van der Waals surface area (Å²) in [7, 11) is -6.62. The first-order chi connectivity index (χ1) is 9.63. The van der Waals surface area contributed by atoms with Gasteiger partial charge in [-0.15, -0.1) is 0 Å². The molecule has 1 heterocycles. The van der Waals surface area contributed by atoms with Gasteiger partial charge in [0.2, 0.25) is 15.8 Å². The predicted molar refractivity (Wildman–Crippen MR) is 75.2 cm³/mol. The van der Waals surface area contributed by atoms with Crippen molar-refractivity contribution in [3.63, 3.8) is 0 Å². The van der Waals surface area contributed by atoms with Gasteiger partial charge in [0.1, 0.15) is 0 Å². The number of nitrogens with one attached hydrogen (secondary N) is 1. The molecule has 0 atom stereocenters. The highest BCUT2D eigenvalue weighted by Crippen LogP contribution is 2.27. The average molecular weight is 338 g/mol. The van der Waals surface area contributed by atoms with Crippen LogP contribution in [0.4, 0.5) is 5.82 Å². The lowest BCUT2D eigenvalue weighted by molar-refractivity contribution is 0.374. The van der Waals surface area contributed by atoms with Gasteiger partial charge >= 0.3 is 10.2 Å². The van der Waals surface area contributed by atoms with Gasteiger partial charge in [-0.25, -0.2) is 13.6 Å². The van der Waals surface area contributed by atoms with Crippen LogP contribution in [0, 0.1) is 6.92 Å². The number of hydrogen-bond donors (Lipinski definition) is 2. The fourth-order valence-corrected chi connectivity index (χ4v) is 4.41. The first-order valence-electron chi connectivity index (χ1n) is 6.38. The van der Waals surface area contributed by atoms with Crippen molar-refractivity contribution in [2.45, 2.75) is 43.5 Å². The van der Waals surface area contributed by atoms with Gasteiger partial charge in [-0.2, -0.15) is 12.7 Å². The monoisotopic (exact) mass is 338 g/mol. The third kappa shape index (κ3) is 3.36. The second-order valence-electron chi connectivity index (χ2n) is 5.02. The Morgan fingerprint density at radius 3 is 2.38 bits per heavy atom. The van der Waals surface area contributed by atoms with E-state index < -0.39 is 30.9 Å². The molecule has 0 saturated heterocycles. The highest BCUT2D eigenvalue weighted by molar-refractivity contribution is 7.91. The fourth-order valence-electron chi connectivity index (χ4n) is 2.42. The molecule has 2 rings (SSSR count). The lowest BCUT2D eigenvalue weighted by atomic mass is 10.3. The van der Waals surface area contributed by atoms with E-state index in [1.807, 2.05) is 0 Å². The van der Waals surface area contributed by atoms with Gasteiger partial charge in [0.25, 0.3) is 0 Å². The van der Waals surface area contributed by atoms with Gasteiger partial charge in [-0.05, 0) is 19.8 Å². The van der Waals surface area contributed by atoms with Gasteiger partial charge in [0.05, 0.1) is 0 Å². The van der Waals surface area contributed by atoms with Crippen molar-refractivity contribution >= 4 is 26.1 Å². The number of aryl methyl sites for hydroxylation is 1. The first-order valence-corrected chi connectivity index (χ1v) is 9.36. The maximum Gasteiger partial charge on any atom is 0.302 e. The van der Waals surface area contributed by atoms with E-state index in [9.17, 15) is 16.8 Å². The summed E-state index contributed by atoms with van der Waals surface area (Å²) < 4.78 is 55.5. The van der Waals surface area contributed by atoms with Crippen molar-refractivity contribution in [1.82, 2.24) is 9.46 Å². The summed E-state index contributed by atoms with van der Waals surface area (Å²) in [6.45, 7) is 1.34. The second-order valence-corrected chi connectivity index (χ2v) is 8.25. The SMILES string of the molecule is Cc1onc(NS(=O)(=O)N(C)C2CCCC2)c1S(N)(=O)=O. The number of primary sulfonamides is 1. The van der Waals surface area contributed by atoms with E-state index in [1.54, 1.807) is 0 Å². The molecule has 1 aliphatic carbocycles. The quantitative estimate of drug-likeness (QED) is 0.785. The van der Waals surface area contributed by atoms with Crippen LogP contribution >= 0.6 is 0 Å². The van der Waals surface area contributed by atoms with Crippen LogP contribution in [0.1, 0.15) is 31.4 Å². The minimum absolute atomic E-state index is 0.0706. The van der Waals surface area contributed by atoms with Gasteiger partial charge in [-0.3, -0.25) is 4.72 Å². The van der Waals surface area contributed by atoms with E-state index >= 15 is 0 Å². The van der Waals surface area contributed by atoms with E-state index in [0.717, 1.165) is 25.7 Å². The molecule has 1 aliphatic rings. The number of nitrogens with zero attached hydrogens (tertiary/aromatic N) is 2. The number of hydrogen-bond acceptors (Lipinski definition) is 6. The Hall–Kier alpha value is -1.17. The van der Waals surface area contributed by atoms with Crippen LogP contribution in [0.25, 0.3) is 0 Å². The summed E-state index contributed by atoms with van der Waals surface area (Å²) in [5, 5.41) is 8.47. The van der Waals surface area contributed by atoms with Gasteiger partial charge in [0, 0.05) is 13.1 Å². The minimum Gasteiger partial charge on any atom is -0.358 e. The number of aromatic nitrogens is 1. The molecule has 1 saturated carbocycles. The molecule has 0 amide bonds. The first kappa shape index (κ1) is 16.2. The van der Waals surface area contributed by atoms with Crippen molar-refractivity contribution in [1.29, 1.82) is 0 Å². The Balaban J connectivity index is 2.29. The molecule has 1 aromatic heterocycles. The fraction of sp³-hybridized carbons (Fsp3) is 0.700. The zero-order valence-electron chi connectivity index (χ0n) is 11.7. The minimum atomic E-state index is -4.14. The van der Waals surface area contributed by atoms with Crippen molar-refractivity contribution < 1.29 is 21.4 Å². The number of rotatable bonds is 5. The molecule has 11 heteroatoms. The summed E-state index contributed by atoms with van der Waals surface area (Å²) in [6.07, 6.45) is 3.49. The molecule has 9 nitrogen and oxygen atoms in total. The van der Waals surface area contributed by atoms with E-state index in [4.69, 9.17) is 9.66 Å². The van der Waals surface area contributed by atoms with Crippen LogP contribution in [0.15, 0.2) is 9.42 Å². The highest BCUT2D eigenvalue weighted by atomic mass is 32.2. The zero-order chi connectivity index (χ0) is 15.8. The lowest BCUT2D eigenvalue weighted by Gasteiger charge is -2.23. The summed E-state index contributed by atoms with van der Waals surface area (Å²) in [5.41, 5.74) is 0. The largest absolute Gasteiger partial charge is 0.358 e. The van der Waals surface area contributed by atoms with Crippen LogP contribution in [0.2, 0.25) is 0 Å². The molecule has 0 spiro atoms. The molecule has 0 bridgehead atoms. The molecule has 0 aliphatic heterocycles. The lowest BCUT2D eigenvalue weighted by Crippen LogP contribution is -2.39.